The topological polar surface area (TPSA) is 131 Å². The van der Waals surface area contributed by atoms with Crippen LogP contribution in [0.2, 0.25) is 5.02 Å². The Hall–Kier alpha value is -4.51. The standard InChI is InChI=1S/C33H30ClFN6O4/c34-24-5-2-6-26(28(24)35)41-18-25(38-39-41)30(43)40-14-7-22-21(20-16-36-19-37-17-20)3-1-4-23(22)29(40)27(42)15-32-8-11-33(12-9-32,13-10-32)31(44)45/h1-6,16-19,29H,7-15H2,(H,44,45). The maximum absolute atomic E-state index is 14.7. The summed E-state index contributed by atoms with van der Waals surface area (Å²) in [7, 11) is 0. The molecule has 1 atom stereocenters. The maximum Gasteiger partial charge on any atom is 0.309 e. The molecule has 0 saturated heterocycles. The Bertz CT molecular complexity index is 1800. The first kappa shape index (κ1) is 29.2. The van der Waals surface area contributed by atoms with Crippen molar-refractivity contribution in [2.75, 3.05) is 6.54 Å². The van der Waals surface area contributed by atoms with Crippen molar-refractivity contribution in [2.24, 2.45) is 10.8 Å². The molecule has 3 saturated carbocycles. The number of amides is 1. The van der Waals surface area contributed by atoms with Crippen LogP contribution in [0.4, 0.5) is 4.39 Å². The van der Waals surface area contributed by atoms with Crippen LogP contribution in [0.1, 0.15) is 72.6 Å². The van der Waals surface area contributed by atoms with Crippen LogP contribution in [-0.4, -0.2) is 59.2 Å². The average Bonchev–Trinajstić information content (AvgIpc) is 3.56. The Morgan fingerprint density at radius 2 is 1.71 bits per heavy atom. The molecule has 1 aliphatic heterocycles. The first-order valence-electron chi connectivity index (χ1n) is 15.0. The number of nitrogens with zero attached hydrogens (tertiary/aromatic N) is 6. The van der Waals surface area contributed by atoms with Gasteiger partial charge in [0.25, 0.3) is 5.91 Å². The lowest BCUT2D eigenvalue weighted by Crippen LogP contribution is -2.49. The van der Waals surface area contributed by atoms with Crippen molar-refractivity contribution < 1.29 is 23.9 Å². The molecule has 3 heterocycles. The van der Waals surface area contributed by atoms with Crippen LogP contribution in [0.25, 0.3) is 16.8 Å². The third-order valence-corrected chi connectivity index (χ3v) is 10.4. The summed E-state index contributed by atoms with van der Waals surface area (Å²) in [5.41, 5.74) is 2.44. The quantitative estimate of drug-likeness (QED) is 0.278. The number of carboxylic acids is 1. The monoisotopic (exact) mass is 628 g/mol. The predicted molar refractivity (Wildman–Crippen MR) is 161 cm³/mol. The lowest BCUT2D eigenvalue weighted by atomic mass is 9.52. The van der Waals surface area contributed by atoms with Gasteiger partial charge in [0, 0.05) is 30.9 Å². The number of rotatable bonds is 7. The summed E-state index contributed by atoms with van der Waals surface area (Å²) < 4.78 is 15.9. The summed E-state index contributed by atoms with van der Waals surface area (Å²) >= 11 is 5.96. The smallest absolute Gasteiger partial charge is 0.309 e. The van der Waals surface area contributed by atoms with Gasteiger partial charge in [-0.15, -0.1) is 5.10 Å². The molecule has 2 aromatic heterocycles. The number of aromatic nitrogens is 5. The number of hydrogen-bond donors (Lipinski definition) is 1. The lowest BCUT2D eigenvalue weighted by molar-refractivity contribution is -0.159. The minimum absolute atomic E-state index is 0.0250. The Kier molecular flexibility index (Phi) is 7.23. The number of aliphatic carboxylic acids is 1. The van der Waals surface area contributed by atoms with Crippen molar-refractivity contribution in [3.63, 3.8) is 0 Å². The highest BCUT2D eigenvalue weighted by molar-refractivity contribution is 6.30. The zero-order valence-electron chi connectivity index (χ0n) is 24.3. The van der Waals surface area contributed by atoms with Crippen LogP contribution in [-0.2, 0) is 16.0 Å². The van der Waals surface area contributed by atoms with E-state index in [4.69, 9.17) is 11.6 Å². The Labute approximate surface area is 263 Å². The van der Waals surface area contributed by atoms with Crippen LogP contribution in [0.5, 0.6) is 0 Å². The third-order valence-electron chi connectivity index (χ3n) is 10.2. The number of carbonyl (C=O) groups is 3. The van der Waals surface area contributed by atoms with Gasteiger partial charge in [0.05, 0.1) is 16.6 Å². The highest BCUT2D eigenvalue weighted by Gasteiger charge is 2.54. The van der Waals surface area contributed by atoms with Gasteiger partial charge in [-0.2, -0.15) is 0 Å². The normalized spacial score (nSPS) is 23.9. The first-order valence-corrected chi connectivity index (χ1v) is 15.4. The predicted octanol–water partition coefficient (Wildman–Crippen LogP) is 5.64. The second-order valence-electron chi connectivity index (χ2n) is 12.5. The van der Waals surface area contributed by atoms with Crippen molar-refractivity contribution in [3.8, 4) is 16.8 Å². The van der Waals surface area contributed by atoms with E-state index in [0.717, 1.165) is 26.9 Å². The van der Waals surface area contributed by atoms with E-state index >= 15 is 0 Å². The molecule has 4 aromatic rings. The van der Waals surface area contributed by atoms with Gasteiger partial charge in [0.2, 0.25) is 0 Å². The maximum atomic E-state index is 14.7. The van der Waals surface area contributed by atoms with Gasteiger partial charge in [-0.1, -0.05) is 41.1 Å². The zero-order chi connectivity index (χ0) is 31.3. The van der Waals surface area contributed by atoms with Gasteiger partial charge in [-0.05, 0) is 79.2 Å². The second-order valence-corrected chi connectivity index (χ2v) is 12.9. The number of benzene rings is 2. The molecule has 0 radical (unpaired) electrons. The molecule has 3 fully saturated rings. The molecule has 1 N–H and O–H groups in total. The van der Waals surface area contributed by atoms with Crippen molar-refractivity contribution in [2.45, 2.75) is 57.4 Å². The Morgan fingerprint density at radius 3 is 2.42 bits per heavy atom. The van der Waals surface area contributed by atoms with Crippen LogP contribution in [0.3, 0.4) is 0 Å². The van der Waals surface area contributed by atoms with Crippen molar-refractivity contribution in [3.05, 3.63) is 89.0 Å². The summed E-state index contributed by atoms with van der Waals surface area (Å²) in [4.78, 5) is 50.5. The van der Waals surface area contributed by atoms with E-state index in [-0.39, 0.29) is 40.6 Å². The molecule has 230 valence electrons. The molecule has 45 heavy (non-hydrogen) atoms. The van der Waals surface area contributed by atoms with Gasteiger partial charge in [-0.25, -0.2) is 19.0 Å². The van der Waals surface area contributed by atoms with E-state index in [1.54, 1.807) is 23.4 Å². The third kappa shape index (κ3) is 4.99. The van der Waals surface area contributed by atoms with Crippen LogP contribution >= 0.6 is 11.6 Å². The van der Waals surface area contributed by atoms with Crippen molar-refractivity contribution in [1.82, 2.24) is 29.9 Å². The van der Waals surface area contributed by atoms with Crippen molar-refractivity contribution in [1.29, 1.82) is 0 Å². The highest BCUT2D eigenvalue weighted by atomic mass is 35.5. The number of ketones is 1. The number of carboxylic acid groups (broad SMARTS) is 1. The van der Waals surface area contributed by atoms with Crippen LogP contribution in [0.15, 0.2) is 61.3 Å². The number of fused-ring (bicyclic) bond motifs is 4. The van der Waals surface area contributed by atoms with E-state index in [1.165, 1.54) is 24.7 Å². The fourth-order valence-electron chi connectivity index (χ4n) is 7.56. The fourth-order valence-corrected chi connectivity index (χ4v) is 7.72. The average molecular weight is 629 g/mol. The van der Waals surface area contributed by atoms with Gasteiger partial charge in [0.1, 0.15) is 18.1 Å². The van der Waals surface area contributed by atoms with E-state index in [1.807, 2.05) is 18.2 Å². The van der Waals surface area contributed by atoms with E-state index < -0.39 is 29.2 Å². The van der Waals surface area contributed by atoms with E-state index in [9.17, 15) is 23.9 Å². The molecule has 0 spiro atoms. The van der Waals surface area contributed by atoms with Gasteiger partial charge >= 0.3 is 5.97 Å². The first-order chi connectivity index (χ1) is 21.7. The van der Waals surface area contributed by atoms with Crippen molar-refractivity contribution >= 4 is 29.3 Å². The van der Waals surface area contributed by atoms with E-state index in [2.05, 4.69) is 20.3 Å². The molecule has 2 aromatic carbocycles. The fraction of sp³-hybridized carbons (Fsp3) is 0.364. The molecule has 2 bridgehead atoms. The van der Waals surface area contributed by atoms with E-state index in [0.29, 0.717) is 44.9 Å². The molecule has 1 amide bonds. The molecule has 1 unspecified atom stereocenters. The molecule has 12 heteroatoms. The molecule has 8 rings (SSSR count). The minimum atomic E-state index is -0.888. The van der Waals surface area contributed by atoms with Gasteiger partial charge in [-0.3, -0.25) is 14.4 Å². The van der Waals surface area contributed by atoms with Gasteiger partial charge in [0.15, 0.2) is 17.3 Å². The zero-order valence-corrected chi connectivity index (χ0v) is 25.1. The lowest BCUT2D eigenvalue weighted by Gasteiger charge is -2.51. The SMILES string of the molecule is O=C(CC12CCC(C(=O)O)(CC1)CC2)C1c2cccc(-c3cncnc3)c2CCN1C(=O)c1cn(-c2cccc(Cl)c2F)nn1. The highest BCUT2D eigenvalue weighted by Crippen LogP contribution is 2.59. The molecular formula is C33H30ClFN6O4. The number of Topliss-reactive ketones (excluding diaryl/α,β-unsaturated/α-hetero) is 1. The molecular weight excluding hydrogens is 599 g/mol. The summed E-state index contributed by atoms with van der Waals surface area (Å²) in [6.45, 7) is 0.250. The summed E-state index contributed by atoms with van der Waals surface area (Å²) in [5.74, 6) is -2.02. The summed E-state index contributed by atoms with van der Waals surface area (Å²) in [6, 6.07) is 9.31. The van der Waals surface area contributed by atoms with Gasteiger partial charge < -0.3 is 10.0 Å². The van der Waals surface area contributed by atoms with Crippen LogP contribution in [0, 0.1) is 16.6 Å². The Morgan fingerprint density at radius 1 is 1.00 bits per heavy atom. The minimum Gasteiger partial charge on any atom is -0.481 e. The number of hydrogen-bond acceptors (Lipinski definition) is 7. The van der Waals surface area contributed by atoms with Crippen LogP contribution < -0.4 is 0 Å². The summed E-state index contributed by atoms with van der Waals surface area (Å²) in [5, 5.41) is 17.8. The summed E-state index contributed by atoms with van der Waals surface area (Å²) in [6.07, 6.45) is 10.7. The number of halogens is 2. The molecule has 4 aliphatic rings. The molecule has 10 nitrogen and oxygen atoms in total. The number of carbonyl (C=O) groups excluding carboxylic acids is 2. The Balaban J connectivity index is 1.24. The second kappa shape index (κ2) is 11.1. The largest absolute Gasteiger partial charge is 0.481 e. The molecule has 3 aliphatic carbocycles.